The summed E-state index contributed by atoms with van der Waals surface area (Å²) in [6.45, 7) is 4.72. The summed E-state index contributed by atoms with van der Waals surface area (Å²) in [7, 11) is 0. The lowest BCUT2D eigenvalue weighted by Crippen LogP contribution is -2.14. The lowest BCUT2D eigenvalue weighted by atomic mass is 9.82. The Balaban J connectivity index is 1.09. The van der Waals surface area contributed by atoms with Crippen molar-refractivity contribution >= 4 is 65.6 Å². The molecule has 0 bridgehead atoms. The van der Waals surface area contributed by atoms with Crippen molar-refractivity contribution < 1.29 is 4.42 Å². The Kier molecular flexibility index (Phi) is 5.84. The van der Waals surface area contributed by atoms with E-state index in [-0.39, 0.29) is 5.41 Å². The van der Waals surface area contributed by atoms with Gasteiger partial charge in [-0.15, -0.1) is 0 Å². The first-order valence-corrected chi connectivity index (χ1v) is 18.8. The highest BCUT2D eigenvalue weighted by Gasteiger charge is 2.36. The van der Waals surface area contributed by atoms with Crippen molar-refractivity contribution in [1.29, 1.82) is 0 Å². The van der Waals surface area contributed by atoms with E-state index >= 15 is 0 Å². The van der Waals surface area contributed by atoms with Crippen LogP contribution in [-0.4, -0.2) is 9.13 Å². The summed E-state index contributed by atoms with van der Waals surface area (Å²) in [4.78, 5) is 0. The molecule has 3 heterocycles. The quantitative estimate of drug-likeness (QED) is 0.181. The Morgan fingerprint density at radius 2 is 1.04 bits per heavy atom. The van der Waals surface area contributed by atoms with E-state index in [1.54, 1.807) is 0 Å². The van der Waals surface area contributed by atoms with Crippen LogP contribution in [-0.2, 0) is 5.41 Å². The van der Waals surface area contributed by atoms with Gasteiger partial charge < -0.3 is 13.6 Å². The Bertz CT molecular complexity index is 3350. The van der Waals surface area contributed by atoms with Crippen LogP contribution in [0.2, 0.25) is 0 Å². The molecule has 0 unspecified atom stereocenters. The minimum Gasteiger partial charge on any atom is -0.454 e. The summed E-state index contributed by atoms with van der Waals surface area (Å²) >= 11 is 0. The maximum absolute atomic E-state index is 6.54. The van der Waals surface area contributed by atoms with E-state index in [1.165, 1.54) is 71.6 Å². The third-order valence-corrected chi connectivity index (χ3v) is 12.1. The van der Waals surface area contributed by atoms with Crippen molar-refractivity contribution in [1.82, 2.24) is 9.13 Å². The van der Waals surface area contributed by atoms with Crippen LogP contribution in [0.15, 0.2) is 174 Å². The second kappa shape index (κ2) is 10.6. The van der Waals surface area contributed by atoms with Gasteiger partial charge in [-0.25, -0.2) is 0 Å². The molecule has 1 aliphatic rings. The molecule has 0 radical (unpaired) electrons. The molecule has 54 heavy (non-hydrogen) atoms. The highest BCUT2D eigenvalue weighted by Crippen LogP contribution is 2.51. The van der Waals surface area contributed by atoms with Gasteiger partial charge in [-0.1, -0.05) is 117 Å². The van der Waals surface area contributed by atoms with Gasteiger partial charge >= 0.3 is 0 Å². The standard InChI is InChI=1S/C51H34N2O/c1-51(2)42-19-9-6-15-34(42)38-29-41-40-28-32(23-25-45(40)52(48(41)30-43(38)51)33-13-4-3-5-14-33)31-24-26-46-39(27-31)35-16-7-10-20-44(35)53(46)47-21-12-18-37-36-17-8-11-22-49(36)54-50(37)47/h3-30H,1-2H3. The number of hydrogen-bond acceptors (Lipinski definition) is 1. The molecule has 0 atom stereocenters. The number of rotatable bonds is 3. The van der Waals surface area contributed by atoms with Crippen LogP contribution < -0.4 is 0 Å². The predicted octanol–water partition coefficient (Wildman–Crippen LogP) is 13.8. The molecule has 0 saturated carbocycles. The monoisotopic (exact) mass is 690 g/mol. The van der Waals surface area contributed by atoms with E-state index in [0.29, 0.717) is 0 Å². The molecule has 3 nitrogen and oxygen atoms in total. The molecule has 254 valence electrons. The lowest BCUT2D eigenvalue weighted by molar-refractivity contribution is 0.661. The zero-order valence-electron chi connectivity index (χ0n) is 30.0. The van der Waals surface area contributed by atoms with Crippen LogP contribution in [0, 0.1) is 0 Å². The third-order valence-electron chi connectivity index (χ3n) is 12.1. The van der Waals surface area contributed by atoms with Crippen molar-refractivity contribution in [2.24, 2.45) is 0 Å². The van der Waals surface area contributed by atoms with Gasteiger partial charge in [0.25, 0.3) is 0 Å². The van der Waals surface area contributed by atoms with Crippen LogP contribution in [0.3, 0.4) is 0 Å². The molecule has 0 saturated heterocycles. The first-order chi connectivity index (χ1) is 26.5. The third kappa shape index (κ3) is 3.91. The predicted molar refractivity (Wildman–Crippen MR) is 225 cm³/mol. The van der Waals surface area contributed by atoms with Crippen LogP contribution in [0.1, 0.15) is 25.0 Å². The SMILES string of the molecule is CC1(C)c2ccccc2-c2cc3c4cc(-c5ccc6c(c5)c5ccccc5n6-c5cccc6c5oc5ccccc56)ccc4n(-c4ccccc4)c3cc21. The molecule has 0 aliphatic heterocycles. The van der Waals surface area contributed by atoms with Crippen LogP contribution in [0.4, 0.5) is 0 Å². The molecule has 3 heteroatoms. The second-order valence-electron chi connectivity index (χ2n) is 15.3. The van der Waals surface area contributed by atoms with E-state index in [2.05, 4.69) is 187 Å². The van der Waals surface area contributed by atoms with Gasteiger partial charge in [-0.3, -0.25) is 0 Å². The topological polar surface area (TPSA) is 23.0 Å². The Hall–Kier alpha value is -6.84. The molecular formula is C51H34N2O. The molecule has 0 spiro atoms. The Morgan fingerprint density at radius 3 is 1.87 bits per heavy atom. The van der Waals surface area contributed by atoms with Gasteiger partial charge in [0.1, 0.15) is 5.58 Å². The molecule has 0 fully saturated rings. The Labute approximate surface area is 311 Å². The van der Waals surface area contributed by atoms with Crippen molar-refractivity contribution in [3.05, 3.63) is 181 Å². The van der Waals surface area contributed by atoms with E-state index in [1.807, 2.05) is 6.07 Å². The van der Waals surface area contributed by atoms with Crippen LogP contribution in [0.5, 0.6) is 0 Å². The van der Waals surface area contributed by atoms with Crippen molar-refractivity contribution in [2.75, 3.05) is 0 Å². The van der Waals surface area contributed by atoms with Gasteiger partial charge in [0.2, 0.25) is 0 Å². The molecule has 8 aromatic carbocycles. The molecule has 0 N–H and O–H groups in total. The number of fused-ring (bicyclic) bond motifs is 12. The number of para-hydroxylation sites is 4. The van der Waals surface area contributed by atoms with Gasteiger partial charge in [0.05, 0.1) is 27.8 Å². The number of aromatic nitrogens is 2. The zero-order valence-corrected chi connectivity index (χ0v) is 30.0. The van der Waals surface area contributed by atoms with Gasteiger partial charge in [-0.2, -0.15) is 0 Å². The van der Waals surface area contributed by atoms with Gasteiger partial charge in [0.15, 0.2) is 5.58 Å². The Morgan fingerprint density at radius 1 is 0.407 bits per heavy atom. The minimum atomic E-state index is -0.0756. The molecular weight excluding hydrogens is 657 g/mol. The zero-order chi connectivity index (χ0) is 35.7. The highest BCUT2D eigenvalue weighted by molar-refractivity contribution is 6.15. The lowest BCUT2D eigenvalue weighted by Gasteiger charge is -2.21. The minimum absolute atomic E-state index is 0.0756. The summed E-state index contributed by atoms with van der Waals surface area (Å²) in [6, 6.07) is 62.1. The van der Waals surface area contributed by atoms with Crippen LogP contribution >= 0.6 is 0 Å². The maximum atomic E-state index is 6.54. The van der Waals surface area contributed by atoms with E-state index in [4.69, 9.17) is 4.42 Å². The van der Waals surface area contributed by atoms with E-state index in [0.717, 1.165) is 38.7 Å². The summed E-state index contributed by atoms with van der Waals surface area (Å²) < 4.78 is 11.4. The maximum Gasteiger partial charge on any atom is 0.159 e. The fourth-order valence-electron chi connectivity index (χ4n) is 9.57. The summed E-state index contributed by atoms with van der Waals surface area (Å²) in [5, 5.41) is 7.25. The number of nitrogens with zero attached hydrogens (tertiary/aromatic N) is 2. The number of benzene rings is 8. The van der Waals surface area contributed by atoms with Gasteiger partial charge in [0, 0.05) is 43.4 Å². The molecule has 0 amide bonds. The number of furan rings is 1. The molecule has 12 rings (SSSR count). The van der Waals surface area contributed by atoms with Crippen molar-refractivity contribution in [2.45, 2.75) is 19.3 Å². The van der Waals surface area contributed by atoms with Crippen molar-refractivity contribution in [3.8, 4) is 33.6 Å². The second-order valence-corrected chi connectivity index (χ2v) is 15.3. The normalized spacial score (nSPS) is 13.5. The summed E-state index contributed by atoms with van der Waals surface area (Å²) in [5.41, 5.74) is 16.6. The van der Waals surface area contributed by atoms with Gasteiger partial charge in [-0.05, 0) is 100 Å². The average molecular weight is 691 g/mol. The van der Waals surface area contributed by atoms with Crippen LogP contribution in [0.25, 0.3) is 99.2 Å². The van der Waals surface area contributed by atoms with E-state index < -0.39 is 0 Å². The largest absolute Gasteiger partial charge is 0.454 e. The summed E-state index contributed by atoms with van der Waals surface area (Å²) in [5.74, 6) is 0. The first kappa shape index (κ1) is 29.7. The molecule has 1 aliphatic carbocycles. The fraction of sp³-hybridized carbons (Fsp3) is 0.0588. The fourth-order valence-corrected chi connectivity index (χ4v) is 9.57. The van der Waals surface area contributed by atoms with E-state index in [9.17, 15) is 0 Å². The first-order valence-electron chi connectivity index (χ1n) is 18.8. The van der Waals surface area contributed by atoms with Crippen molar-refractivity contribution in [3.63, 3.8) is 0 Å². The highest BCUT2D eigenvalue weighted by atomic mass is 16.3. The molecule has 11 aromatic rings. The average Bonchev–Trinajstić information content (AvgIpc) is 3.92. The smallest absolute Gasteiger partial charge is 0.159 e. The molecule has 3 aromatic heterocycles. The number of hydrogen-bond donors (Lipinski definition) is 0. The summed E-state index contributed by atoms with van der Waals surface area (Å²) in [6.07, 6.45) is 0.